The van der Waals surface area contributed by atoms with E-state index in [9.17, 15) is 25.0 Å². The molecule has 2 aromatic carbocycles. The first-order chi connectivity index (χ1) is 14.0. The van der Waals surface area contributed by atoms with Crippen molar-refractivity contribution in [3.05, 3.63) is 92.2 Å². The Labute approximate surface area is 163 Å². The van der Waals surface area contributed by atoms with Crippen LogP contribution >= 0.6 is 0 Å². The van der Waals surface area contributed by atoms with Crippen LogP contribution in [0.15, 0.2) is 70.2 Å². The number of rotatable bonds is 7. The zero-order chi connectivity index (χ0) is 20.8. The van der Waals surface area contributed by atoms with Crippen molar-refractivity contribution < 1.29 is 19.1 Å². The summed E-state index contributed by atoms with van der Waals surface area (Å²) in [5, 5.41) is 25.8. The average molecular weight is 394 g/mol. The van der Waals surface area contributed by atoms with E-state index in [-0.39, 0.29) is 34.9 Å². The minimum Gasteiger partial charge on any atom is -0.455 e. The molecule has 1 N–H and O–H groups in total. The van der Waals surface area contributed by atoms with Crippen LogP contribution in [-0.2, 0) is 11.2 Å². The van der Waals surface area contributed by atoms with Gasteiger partial charge in [-0.1, -0.05) is 30.3 Å². The number of nitro groups is 2. The van der Waals surface area contributed by atoms with Crippen molar-refractivity contribution in [1.82, 2.24) is 5.43 Å². The van der Waals surface area contributed by atoms with E-state index in [4.69, 9.17) is 4.42 Å². The minimum absolute atomic E-state index is 0.0944. The second-order valence-corrected chi connectivity index (χ2v) is 5.83. The molecule has 10 heteroatoms. The number of para-hydroxylation sites is 2. The molecule has 0 bridgehead atoms. The lowest BCUT2D eigenvalue weighted by molar-refractivity contribution is -0.385. The number of nitro benzene ring substituents is 2. The molecular formula is C19H14N4O6. The summed E-state index contributed by atoms with van der Waals surface area (Å²) in [6.07, 6.45) is 1.02. The van der Waals surface area contributed by atoms with Gasteiger partial charge in [-0.05, 0) is 18.2 Å². The molecule has 0 aliphatic carbocycles. The molecule has 0 fully saturated rings. The second-order valence-electron chi connectivity index (χ2n) is 5.83. The van der Waals surface area contributed by atoms with Crippen LogP contribution in [0.5, 0.6) is 0 Å². The second kappa shape index (κ2) is 8.57. The van der Waals surface area contributed by atoms with Gasteiger partial charge in [0, 0.05) is 17.7 Å². The van der Waals surface area contributed by atoms with E-state index in [1.54, 1.807) is 36.4 Å². The maximum Gasteiger partial charge on any atom is 0.280 e. The lowest BCUT2D eigenvalue weighted by atomic mass is 10.1. The van der Waals surface area contributed by atoms with E-state index in [2.05, 4.69) is 10.5 Å². The molecule has 1 heterocycles. The van der Waals surface area contributed by atoms with Gasteiger partial charge in [-0.25, -0.2) is 5.43 Å². The Balaban J connectivity index is 1.66. The number of hydrazone groups is 1. The molecule has 0 spiro atoms. The summed E-state index contributed by atoms with van der Waals surface area (Å²) in [5.74, 6) is 0.00940. The monoisotopic (exact) mass is 394 g/mol. The Kier molecular flexibility index (Phi) is 5.74. The highest BCUT2D eigenvalue weighted by molar-refractivity contribution is 5.83. The van der Waals surface area contributed by atoms with Crippen LogP contribution in [0.1, 0.15) is 11.3 Å². The van der Waals surface area contributed by atoms with Crippen molar-refractivity contribution in [2.45, 2.75) is 6.42 Å². The van der Waals surface area contributed by atoms with Crippen LogP contribution in [0.25, 0.3) is 11.3 Å². The molecule has 0 saturated heterocycles. The zero-order valence-corrected chi connectivity index (χ0v) is 14.8. The lowest BCUT2D eigenvalue weighted by Gasteiger charge is -2.01. The van der Waals surface area contributed by atoms with Crippen molar-refractivity contribution in [1.29, 1.82) is 0 Å². The summed E-state index contributed by atoms with van der Waals surface area (Å²) in [7, 11) is 0. The Morgan fingerprint density at radius 3 is 2.34 bits per heavy atom. The van der Waals surface area contributed by atoms with Crippen LogP contribution in [-0.4, -0.2) is 22.0 Å². The Hall–Kier alpha value is -4.34. The molecule has 0 aliphatic heterocycles. The highest BCUT2D eigenvalue weighted by atomic mass is 16.6. The van der Waals surface area contributed by atoms with Gasteiger partial charge in [0.1, 0.15) is 11.5 Å². The quantitative estimate of drug-likeness (QED) is 0.369. The van der Waals surface area contributed by atoms with E-state index in [1.807, 2.05) is 0 Å². The molecule has 3 rings (SSSR count). The highest BCUT2D eigenvalue weighted by Crippen LogP contribution is 2.30. The molecule has 0 aliphatic rings. The van der Waals surface area contributed by atoms with Crippen LogP contribution in [0.2, 0.25) is 0 Å². The fourth-order valence-electron chi connectivity index (χ4n) is 2.63. The van der Waals surface area contributed by atoms with Gasteiger partial charge in [-0.2, -0.15) is 5.10 Å². The van der Waals surface area contributed by atoms with Crippen LogP contribution in [0.3, 0.4) is 0 Å². The fraction of sp³-hybridized carbons (Fsp3) is 0.0526. The van der Waals surface area contributed by atoms with Gasteiger partial charge in [0.05, 0.1) is 28.0 Å². The standard InChI is InChI=1S/C19H14N4O6/c24-19(11-13-5-1-3-7-16(13)22(25)26)21-20-12-14-9-10-18(29-14)15-6-2-4-8-17(15)23(27)28/h1-10,12H,11H2,(H,21,24)/b20-12-. The molecule has 0 atom stereocenters. The predicted octanol–water partition coefficient (Wildman–Crippen LogP) is 3.46. The third-order valence-corrected chi connectivity index (χ3v) is 3.91. The van der Waals surface area contributed by atoms with E-state index in [0.29, 0.717) is 5.56 Å². The Bertz CT molecular complexity index is 1110. The molecule has 29 heavy (non-hydrogen) atoms. The van der Waals surface area contributed by atoms with Gasteiger partial charge in [0.15, 0.2) is 0 Å². The number of amides is 1. The number of furan rings is 1. The molecule has 0 radical (unpaired) electrons. The van der Waals surface area contributed by atoms with Gasteiger partial charge < -0.3 is 4.42 Å². The van der Waals surface area contributed by atoms with Crippen molar-refractivity contribution in [3.8, 4) is 11.3 Å². The molecule has 3 aromatic rings. The summed E-state index contributed by atoms with van der Waals surface area (Å²) < 4.78 is 5.52. The Morgan fingerprint density at radius 2 is 1.62 bits per heavy atom. The molecule has 1 aromatic heterocycles. The van der Waals surface area contributed by atoms with Gasteiger partial charge >= 0.3 is 0 Å². The molecule has 10 nitrogen and oxygen atoms in total. The molecule has 146 valence electrons. The summed E-state index contributed by atoms with van der Waals surface area (Å²) >= 11 is 0. The van der Waals surface area contributed by atoms with Crippen LogP contribution in [0, 0.1) is 20.2 Å². The minimum atomic E-state index is -0.557. The molecule has 0 unspecified atom stereocenters. The smallest absolute Gasteiger partial charge is 0.280 e. The van der Waals surface area contributed by atoms with Crippen LogP contribution < -0.4 is 5.43 Å². The van der Waals surface area contributed by atoms with Crippen LogP contribution in [0.4, 0.5) is 11.4 Å². The topological polar surface area (TPSA) is 141 Å². The molecule has 0 saturated carbocycles. The maximum absolute atomic E-state index is 12.0. The van der Waals surface area contributed by atoms with Crippen molar-refractivity contribution in [3.63, 3.8) is 0 Å². The van der Waals surface area contributed by atoms with E-state index >= 15 is 0 Å². The number of carbonyl (C=O) groups is 1. The number of nitrogens with zero attached hydrogens (tertiary/aromatic N) is 3. The predicted molar refractivity (Wildman–Crippen MR) is 103 cm³/mol. The summed E-state index contributed by atoms with van der Waals surface area (Å²) in [4.78, 5) is 33.0. The maximum atomic E-state index is 12.0. The largest absolute Gasteiger partial charge is 0.455 e. The lowest BCUT2D eigenvalue weighted by Crippen LogP contribution is -2.20. The van der Waals surface area contributed by atoms with Gasteiger partial charge in [0.2, 0.25) is 5.91 Å². The zero-order valence-electron chi connectivity index (χ0n) is 14.8. The van der Waals surface area contributed by atoms with Gasteiger partial charge in [-0.3, -0.25) is 25.0 Å². The first-order valence-corrected chi connectivity index (χ1v) is 8.33. The third-order valence-electron chi connectivity index (χ3n) is 3.91. The number of benzene rings is 2. The number of nitrogens with one attached hydrogen (secondary N) is 1. The average Bonchev–Trinajstić information content (AvgIpc) is 3.17. The molecular weight excluding hydrogens is 380 g/mol. The van der Waals surface area contributed by atoms with E-state index in [0.717, 1.165) is 0 Å². The number of hydrogen-bond donors (Lipinski definition) is 1. The van der Waals surface area contributed by atoms with Crippen molar-refractivity contribution in [2.75, 3.05) is 0 Å². The van der Waals surface area contributed by atoms with Crippen molar-refractivity contribution >= 4 is 23.5 Å². The first-order valence-electron chi connectivity index (χ1n) is 8.33. The third kappa shape index (κ3) is 4.69. The first kappa shape index (κ1) is 19.4. The van der Waals surface area contributed by atoms with E-state index < -0.39 is 15.8 Å². The van der Waals surface area contributed by atoms with Gasteiger partial charge in [-0.15, -0.1) is 0 Å². The fourth-order valence-corrected chi connectivity index (χ4v) is 2.63. The Morgan fingerprint density at radius 1 is 0.966 bits per heavy atom. The molecule has 1 amide bonds. The summed E-state index contributed by atoms with van der Waals surface area (Å²) in [6.45, 7) is 0. The number of carbonyl (C=O) groups excluding carboxylic acids is 1. The van der Waals surface area contributed by atoms with E-state index in [1.165, 1.54) is 30.5 Å². The SMILES string of the molecule is O=C(Cc1ccccc1[N+](=O)[O-])N/N=C\c1ccc(-c2ccccc2[N+](=O)[O-])o1. The number of hydrogen-bond acceptors (Lipinski definition) is 7. The van der Waals surface area contributed by atoms with Crippen molar-refractivity contribution in [2.24, 2.45) is 5.10 Å². The summed E-state index contributed by atoms with van der Waals surface area (Å²) in [5.41, 5.74) is 2.61. The van der Waals surface area contributed by atoms with Gasteiger partial charge in [0.25, 0.3) is 11.4 Å². The normalized spacial score (nSPS) is 10.8. The summed E-state index contributed by atoms with van der Waals surface area (Å²) in [6, 6.07) is 15.2. The highest BCUT2D eigenvalue weighted by Gasteiger charge is 2.17.